The van der Waals surface area contributed by atoms with Gasteiger partial charge >= 0.3 is 5.97 Å². The molecule has 7 nitrogen and oxygen atoms in total. The minimum Gasteiger partial charge on any atom is -0.481 e. The van der Waals surface area contributed by atoms with Gasteiger partial charge in [0, 0.05) is 18.5 Å². The molecule has 1 aromatic heterocycles. The lowest BCUT2D eigenvalue weighted by Crippen LogP contribution is -2.46. The molecule has 1 aromatic rings. The second-order valence-corrected chi connectivity index (χ2v) is 5.27. The number of aliphatic carboxylic acids is 1. The van der Waals surface area contributed by atoms with E-state index in [1.165, 1.54) is 6.33 Å². The summed E-state index contributed by atoms with van der Waals surface area (Å²) in [5.41, 5.74) is -0.394. The van der Waals surface area contributed by atoms with Gasteiger partial charge in [0.15, 0.2) is 0 Å². The Hall–Kier alpha value is -1.92. The average molecular weight is 268 g/mol. The van der Waals surface area contributed by atoms with Crippen molar-refractivity contribution in [2.24, 2.45) is 0 Å². The number of amides is 1. The molecule has 0 saturated heterocycles. The van der Waals surface area contributed by atoms with E-state index in [0.29, 0.717) is 6.54 Å². The molecule has 7 heteroatoms. The third kappa shape index (κ3) is 5.07. The van der Waals surface area contributed by atoms with Gasteiger partial charge in [0.2, 0.25) is 5.91 Å². The largest absolute Gasteiger partial charge is 0.481 e. The molecule has 1 N–H and O–H groups in total. The molecular weight excluding hydrogens is 248 g/mol. The molecule has 0 spiro atoms. The monoisotopic (exact) mass is 268 g/mol. The van der Waals surface area contributed by atoms with Crippen LogP contribution in [0.1, 0.15) is 33.6 Å². The predicted molar refractivity (Wildman–Crippen MR) is 68.4 cm³/mol. The first-order valence-corrected chi connectivity index (χ1v) is 6.15. The average Bonchev–Trinajstić information content (AvgIpc) is 2.76. The van der Waals surface area contributed by atoms with Crippen molar-refractivity contribution in [1.29, 1.82) is 0 Å². The molecule has 1 heterocycles. The summed E-state index contributed by atoms with van der Waals surface area (Å²) in [4.78, 5) is 28.2. The lowest BCUT2D eigenvalue weighted by molar-refractivity contribution is -0.140. The molecule has 19 heavy (non-hydrogen) atoms. The van der Waals surface area contributed by atoms with Crippen molar-refractivity contribution in [3.8, 4) is 0 Å². The van der Waals surface area contributed by atoms with Gasteiger partial charge in [-0.1, -0.05) is 0 Å². The first-order valence-electron chi connectivity index (χ1n) is 6.15. The Bertz CT molecular complexity index is 423. The summed E-state index contributed by atoms with van der Waals surface area (Å²) >= 11 is 0. The topological polar surface area (TPSA) is 88.3 Å². The van der Waals surface area contributed by atoms with Gasteiger partial charge in [-0.2, -0.15) is 5.10 Å². The quantitative estimate of drug-likeness (QED) is 0.823. The summed E-state index contributed by atoms with van der Waals surface area (Å²) in [5.74, 6) is -0.984. The molecule has 1 amide bonds. The normalized spacial score (nSPS) is 11.3. The van der Waals surface area contributed by atoms with Gasteiger partial charge in [-0.25, -0.2) is 4.98 Å². The van der Waals surface area contributed by atoms with Crippen LogP contribution in [-0.2, 0) is 16.1 Å². The van der Waals surface area contributed by atoms with Gasteiger partial charge in [-0.15, -0.1) is 0 Å². The van der Waals surface area contributed by atoms with E-state index in [1.807, 2.05) is 20.8 Å². The van der Waals surface area contributed by atoms with Crippen molar-refractivity contribution in [1.82, 2.24) is 19.7 Å². The molecule has 0 aliphatic heterocycles. The maximum Gasteiger partial charge on any atom is 0.305 e. The zero-order valence-electron chi connectivity index (χ0n) is 11.5. The number of aromatic nitrogens is 3. The van der Waals surface area contributed by atoms with Crippen molar-refractivity contribution in [3.05, 3.63) is 12.7 Å². The Labute approximate surface area is 112 Å². The smallest absolute Gasteiger partial charge is 0.305 e. The number of hydrogen-bond acceptors (Lipinski definition) is 4. The molecule has 0 atom stereocenters. The summed E-state index contributed by atoms with van der Waals surface area (Å²) in [6, 6.07) is 0. The third-order valence-electron chi connectivity index (χ3n) is 2.68. The van der Waals surface area contributed by atoms with Crippen LogP contribution in [0.5, 0.6) is 0 Å². The summed E-state index contributed by atoms with van der Waals surface area (Å²) in [5, 5.41) is 12.7. The highest BCUT2D eigenvalue weighted by Crippen LogP contribution is 2.15. The van der Waals surface area contributed by atoms with E-state index < -0.39 is 11.5 Å². The van der Waals surface area contributed by atoms with E-state index in [2.05, 4.69) is 10.1 Å². The second-order valence-electron chi connectivity index (χ2n) is 5.27. The lowest BCUT2D eigenvalue weighted by Gasteiger charge is -2.35. The van der Waals surface area contributed by atoms with Crippen LogP contribution in [0.4, 0.5) is 0 Å². The number of rotatable bonds is 6. The molecule has 0 bridgehead atoms. The van der Waals surface area contributed by atoms with Gasteiger partial charge in [-0.05, 0) is 20.8 Å². The van der Waals surface area contributed by atoms with Crippen molar-refractivity contribution < 1.29 is 14.7 Å². The van der Waals surface area contributed by atoms with Crippen LogP contribution >= 0.6 is 0 Å². The van der Waals surface area contributed by atoms with Crippen LogP contribution in [0.25, 0.3) is 0 Å². The van der Waals surface area contributed by atoms with Crippen LogP contribution < -0.4 is 0 Å². The van der Waals surface area contributed by atoms with Gasteiger partial charge in [-0.3, -0.25) is 14.3 Å². The highest BCUT2D eigenvalue weighted by molar-refractivity contribution is 5.77. The first-order chi connectivity index (χ1) is 8.80. The zero-order chi connectivity index (χ0) is 14.5. The Balaban J connectivity index is 2.58. The Kier molecular flexibility index (Phi) is 5.02. The van der Waals surface area contributed by atoms with Crippen molar-refractivity contribution >= 4 is 11.9 Å². The van der Waals surface area contributed by atoms with Crippen molar-refractivity contribution in [2.45, 2.75) is 45.7 Å². The van der Waals surface area contributed by atoms with Gasteiger partial charge in [0.25, 0.3) is 0 Å². The minimum atomic E-state index is -0.904. The van der Waals surface area contributed by atoms with Crippen LogP contribution in [-0.4, -0.2) is 48.7 Å². The van der Waals surface area contributed by atoms with Gasteiger partial charge in [0.1, 0.15) is 12.7 Å². The van der Waals surface area contributed by atoms with E-state index in [1.54, 1.807) is 15.9 Å². The Morgan fingerprint density at radius 2 is 2.00 bits per heavy atom. The summed E-state index contributed by atoms with van der Waals surface area (Å²) in [6.07, 6.45) is 3.19. The molecule has 0 aliphatic rings. The first kappa shape index (κ1) is 15.1. The number of aryl methyl sites for hydroxylation is 1. The van der Waals surface area contributed by atoms with E-state index in [0.717, 1.165) is 0 Å². The summed E-state index contributed by atoms with van der Waals surface area (Å²) in [7, 11) is 0. The van der Waals surface area contributed by atoms with Crippen molar-refractivity contribution in [2.75, 3.05) is 6.54 Å². The Morgan fingerprint density at radius 1 is 1.32 bits per heavy atom. The molecule has 0 fully saturated rings. The number of carboxylic acids is 1. The molecule has 0 radical (unpaired) electrons. The number of carbonyl (C=O) groups excluding carboxylic acids is 1. The second kappa shape index (κ2) is 6.31. The highest BCUT2D eigenvalue weighted by Gasteiger charge is 2.26. The maximum atomic E-state index is 12.2. The van der Waals surface area contributed by atoms with E-state index in [-0.39, 0.29) is 25.3 Å². The van der Waals surface area contributed by atoms with E-state index in [9.17, 15) is 9.59 Å². The Morgan fingerprint density at radius 3 is 2.47 bits per heavy atom. The lowest BCUT2D eigenvalue weighted by atomic mass is 10.0. The van der Waals surface area contributed by atoms with Crippen LogP contribution in [0.15, 0.2) is 12.7 Å². The molecule has 106 valence electrons. The minimum absolute atomic E-state index is 0.0493. The zero-order valence-corrected chi connectivity index (χ0v) is 11.5. The predicted octanol–water partition coefficient (Wildman–Crippen LogP) is 0.770. The fourth-order valence-corrected chi connectivity index (χ4v) is 1.74. The number of hydrogen-bond donors (Lipinski definition) is 1. The van der Waals surface area contributed by atoms with Crippen molar-refractivity contribution in [3.63, 3.8) is 0 Å². The summed E-state index contributed by atoms with van der Waals surface area (Å²) in [6.45, 7) is 6.33. The third-order valence-corrected chi connectivity index (χ3v) is 2.68. The molecule has 0 aliphatic carbocycles. The van der Waals surface area contributed by atoms with E-state index in [4.69, 9.17) is 5.11 Å². The fraction of sp³-hybridized carbons (Fsp3) is 0.667. The van der Waals surface area contributed by atoms with E-state index >= 15 is 0 Å². The molecule has 0 aromatic carbocycles. The SMILES string of the molecule is CC(C)(C)N(CCC(=O)O)C(=O)CCn1cncn1. The van der Waals surface area contributed by atoms with Crippen LogP contribution in [0.2, 0.25) is 0 Å². The maximum absolute atomic E-state index is 12.2. The standard InChI is InChI=1S/C12H20N4O3/c1-12(2,3)16(7-5-11(18)19)10(17)4-6-15-9-13-8-14-15/h8-9H,4-7H2,1-3H3,(H,18,19). The number of carboxylic acid groups (broad SMARTS) is 1. The van der Waals surface area contributed by atoms with Gasteiger partial charge in [0.05, 0.1) is 13.0 Å². The fourth-order valence-electron chi connectivity index (χ4n) is 1.74. The molecule has 0 saturated carbocycles. The number of carbonyl (C=O) groups is 2. The molecular formula is C12H20N4O3. The highest BCUT2D eigenvalue weighted by atomic mass is 16.4. The molecule has 1 rings (SSSR count). The number of nitrogens with zero attached hydrogens (tertiary/aromatic N) is 4. The van der Waals surface area contributed by atoms with Crippen LogP contribution in [0.3, 0.4) is 0 Å². The van der Waals surface area contributed by atoms with Gasteiger partial charge < -0.3 is 10.0 Å². The molecule has 0 unspecified atom stereocenters. The summed E-state index contributed by atoms with van der Waals surface area (Å²) < 4.78 is 1.58. The van der Waals surface area contributed by atoms with Crippen LogP contribution in [0, 0.1) is 0 Å².